The second-order valence-electron chi connectivity index (χ2n) is 8.73. The molecule has 1 aliphatic heterocycles. The van der Waals surface area contributed by atoms with Crippen molar-refractivity contribution >= 4 is 34.2 Å². The zero-order valence-corrected chi connectivity index (χ0v) is 20.0. The number of benzene rings is 3. The Bertz CT molecular complexity index is 1230. The van der Waals surface area contributed by atoms with Gasteiger partial charge in [-0.15, -0.1) is 0 Å². The lowest BCUT2D eigenvalue weighted by atomic mass is 10.1. The summed E-state index contributed by atoms with van der Waals surface area (Å²) in [4.78, 5) is 42.4. The molecule has 1 heterocycles. The summed E-state index contributed by atoms with van der Waals surface area (Å²) >= 11 is 0. The lowest BCUT2D eigenvalue weighted by molar-refractivity contribution is -0.141. The lowest BCUT2D eigenvalue weighted by Crippen LogP contribution is -2.48. The number of carbonyl (C=O) groups excluding carboxylic acids is 3. The van der Waals surface area contributed by atoms with Gasteiger partial charge in [0, 0.05) is 37.5 Å². The number of hydrogen-bond acceptors (Lipinski definition) is 3. The Morgan fingerprint density at radius 1 is 1.03 bits per heavy atom. The smallest absolute Gasteiger partial charge is 0.258 e. The molecule has 0 bridgehead atoms. The normalized spacial score (nSPS) is 13.3. The Kier molecular flexibility index (Phi) is 6.96. The minimum atomic E-state index is -0.538. The Balaban J connectivity index is 1.49. The van der Waals surface area contributed by atoms with Gasteiger partial charge in [0.05, 0.1) is 5.69 Å². The average molecular weight is 458 g/mol. The monoisotopic (exact) mass is 457 g/mol. The third kappa shape index (κ3) is 4.40. The van der Waals surface area contributed by atoms with Gasteiger partial charge >= 0.3 is 0 Å². The highest BCUT2D eigenvalue weighted by Gasteiger charge is 2.31. The molecule has 34 heavy (non-hydrogen) atoms. The minimum Gasteiger partial charge on any atom is -0.357 e. The number of hydrogen-bond donors (Lipinski definition) is 1. The zero-order chi connectivity index (χ0) is 24.2. The molecule has 0 unspecified atom stereocenters. The molecule has 0 saturated heterocycles. The van der Waals surface area contributed by atoms with Crippen LogP contribution in [-0.4, -0.2) is 42.3 Å². The fraction of sp³-hybridized carbons (Fsp3) is 0.321. The molecule has 3 aromatic carbocycles. The Labute approximate surface area is 200 Å². The molecule has 3 aromatic rings. The van der Waals surface area contributed by atoms with Crippen LogP contribution >= 0.6 is 0 Å². The van der Waals surface area contributed by atoms with E-state index in [1.165, 1.54) is 0 Å². The summed E-state index contributed by atoms with van der Waals surface area (Å²) in [5.74, 6) is -0.268. The van der Waals surface area contributed by atoms with E-state index in [4.69, 9.17) is 0 Å². The van der Waals surface area contributed by atoms with Gasteiger partial charge in [-0.05, 0) is 48.4 Å². The van der Waals surface area contributed by atoms with Crippen LogP contribution in [0.15, 0.2) is 60.7 Å². The van der Waals surface area contributed by atoms with Crippen molar-refractivity contribution in [3.05, 3.63) is 77.4 Å². The summed E-state index contributed by atoms with van der Waals surface area (Å²) in [6.07, 6.45) is 1.30. The van der Waals surface area contributed by atoms with Crippen molar-refractivity contribution in [1.82, 2.24) is 10.2 Å². The van der Waals surface area contributed by atoms with E-state index in [-0.39, 0.29) is 24.1 Å². The van der Waals surface area contributed by atoms with Gasteiger partial charge in [-0.1, -0.05) is 55.5 Å². The maximum atomic E-state index is 13.4. The molecule has 0 aromatic heterocycles. The molecule has 4 rings (SSSR count). The standard InChI is InChI=1S/C28H31N3O3/c1-4-23(27(33)29-3)31(18-21-11-6-5-10-19(21)2)25(32)16-9-17-30-24-15-8-13-20-12-7-14-22(26(20)24)28(30)34/h5-8,10-15,23H,4,9,16-18H2,1-3H3,(H,29,33)/t23-/m0/s1. The van der Waals surface area contributed by atoms with E-state index in [9.17, 15) is 14.4 Å². The summed E-state index contributed by atoms with van der Waals surface area (Å²) < 4.78 is 0. The zero-order valence-electron chi connectivity index (χ0n) is 20.0. The summed E-state index contributed by atoms with van der Waals surface area (Å²) in [6, 6.07) is 19.1. The SMILES string of the molecule is CC[C@@H](C(=O)NC)N(Cc1ccccc1C)C(=O)CCCN1C(=O)c2cccc3cccc1c23. The number of amides is 3. The summed E-state index contributed by atoms with van der Waals surface area (Å²) in [7, 11) is 1.60. The molecule has 0 aliphatic carbocycles. The van der Waals surface area contributed by atoms with Gasteiger partial charge in [-0.2, -0.15) is 0 Å². The van der Waals surface area contributed by atoms with Crippen molar-refractivity contribution in [2.24, 2.45) is 0 Å². The highest BCUT2D eigenvalue weighted by molar-refractivity contribution is 6.25. The molecular formula is C28H31N3O3. The van der Waals surface area contributed by atoms with Gasteiger partial charge in [0.2, 0.25) is 11.8 Å². The first-order valence-electron chi connectivity index (χ1n) is 11.9. The molecule has 1 N–H and O–H groups in total. The quantitative estimate of drug-likeness (QED) is 0.516. The topological polar surface area (TPSA) is 69.7 Å². The van der Waals surface area contributed by atoms with Crippen LogP contribution in [0.25, 0.3) is 10.8 Å². The summed E-state index contributed by atoms with van der Waals surface area (Å²) in [5, 5.41) is 4.72. The van der Waals surface area contributed by atoms with E-state index in [0.29, 0.717) is 31.5 Å². The fourth-order valence-electron chi connectivity index (χ4n) is 4.79. The average Bonchev–Trinajstić information content (AvgIpc) is 3.12. The lowest BCUT2D eigenvalue weighted by Gasteiger charge is -2.31. The van der Waals surface area contributed by atoms with Gasteiger partial charge in [0.1, 0.15) is 6.04 Å². The first kappa shape index (κ1) is 23.5. The van der Waals surface area contributed by atoms with E-state index in [2.05, 4.69) is 5.32 Å². The number of aryl methyl sites for hydroxylation is 1. The van der Waals surface area contributed by atoms with Gasteiger partial charge in [-0.3, -0.25) is 14.4 Å². The molecule has 1 atom stereocenters. The van der Waals surface area contributed by atoms with Crippen molar-refractivity contribution in [2.45, 2.75) is 45.7 Å². The van der Waals surface area contributed by atoms with Crippen molar-refractivity contribution in [1.29, 1.82) is 0 Å². The van der Waals surface area contributed by atoms with E-state index < -0.39 is 6.04 Å². The van der Waals surface area contributed by atoms with Crippen molar-refractivity contribution < 1.29 is 14.4 Å². The van der Waals surface area contributed by atoms with Gasteiger partial charge in [-0.25, -0.2) is 0 Å². The molecule has 0 saturated carbocycles. The first-order valence-corrected chi connectivity index (χ1v) is 11.9. The van der Waals surface area contributed by atoms with Crippen LogP contribution in [0.5, 0.6) is 0 Å². The maximum Gasteiger partial charge on any atom is 0.258 e. The van der Waals surface area contributed by atoms with Crippen molar-refractivity contribution in [3.8, 4) is 0 Å². The highest BCUT2D eigenvalue weighted by atomic mass is 16.2. The molecule has 0 radical (unpaired) electrons. The first-order chi connectivity index (χ1) is 16.5. The van der Waals surface area contributed by atoms with E-state index >= 15 is 0 Å². The number of anilines is 1. The number of nitrogens with one attached hydrogen (secondary N) is 1. The molecule has 0 fully saturated rings. The van der Waals surface area contributed by atoms with Crippen LogP contribution in [0, 0.1) is 6.92 Å². The Morgan fingerprint density at radius 3 is 2.47 bits per heavy atom. The highest BCUT2D eigenvalue weighted by Crippen LogP contribution is 2.37. The van der Waals surface area contributed by atoms with Crippen LogP contribution in [0.4, 0.5) is 5.69 Å². The predicted octanol–water partition coefficient (Wildman–Crippen LogP) is 4.44. The van der Waals surface area contributed by atoms with E-state index in [0.717, 1.165) is 27.6 Å². The van der Waals surface area contributed by atoms with Gasteiger partial charge < -0.3 is 15.1 Å². The van der Waals surface area contributed by atoms with Crippen LogP contribution in [-0.2, 0) is 16.1 Å². The van der Waals surface area contributed by atoms with E-state index in [1.54, 1.807) is 16.8 Å². The molecule has 176 valence electrons. The summed E-state index contributed by atoms with van der Waals surface area (Å²) in [5.41, 5.74) is 3.72. The molecule has 6 heteroatoms. The largest absolute Gasteiger partial charge is 0.357 e. The molecule has 6 nitrogen and oxygen atoms in total. The van der Waals surface area contributed by atoms with Crippen LogP contribution in [0.3, 0.4) is 0 Å². The maximum absolute atomic E-state index is 13.4. The second-order valence-corrected chi connectivity index (χ2v) is 8.73. The van der Waals surface area contributed by atoms with Gasteiger partial charge in [0.15, 0.2) is 0 Å². The third-order valence-corrected chi connectivity index (χ3v) is 6.66. The summed E-state index contributed by atoms with van der Waals surface area (Å²) in [6.45, 7) is 4.76. The van der Waals surface area contributed by atoms with Crippen molar-refractivity contribution in [3.63, 3.8) is 0 Å². The second kappa shape index (κ2) is 10.1. The Morgan fingerprint density at radius 2 is 1.76 bits per heavy atom. The van der Waals surface area contributed by atoms with Crippen LogP contribution < -0.4 is 10.2 Å². The number of carbonyl (C=O) groups is 3. The van der Waals surface area contributed by atoms with Crippen LogP contribution in [0.1, 0.15) is 47.7 Å². The van der Waals surface area contributed by atoms with Crippen LogP contribution in [0.2, 0.25) is 0 Å². The van der Waals surface area contributed by atoms with Crippen molar-refractivity contribution in [2.75, 3.05) is 18.5 Å². The number of rotatable bonds is 9. The number of likely N-dealkylation sites (N-methyl/N-ethyl adjacent to an activating group) is 1. The third-order valence-electron chi connectivity index (χ3n) is 6.66. The molecule has 3 amide bonds. The fourth-order valence-corrected chi connectivity index (χ4v) is 4.79. The number of nitrogens with zero attached hydrogens (tertiary/aromatic N) is 2. The molecular weight excluding hydrogens is 426 g/mol. The predicted molar refractivity (Wildman–Crippen MR) is 135 cm³/mol. The molecule has 1 aliphatic rings. The van der Waals surface area contributed by atoms with Gasteiger partial charge in [0.25, 0.3) is 5.91 Å². The molecule has 0 spiro atoms. The Hall–Kier alpha value is -3.67. The van der Waals surface area contributed by atoms with E-state index in [1.807, 2.05) is 74.5 Å². The minimum absolute atomic E-state index is 0.0205.